The summed E-state index contributed by atoms with van der Waals surface area (Å²) in [4.78, 5) is 0.375. The van der Waals surface area contributed by atoms with Gasteiger partial charge in [0.2, 0.25) is 0 Å². The highest BCUT2D eigenvalue weighted by atomic mass is 32.2. The monoisotopic (exact) mass is 279 g/mol. The van der Waals surface area contributed by atoms with Gasteiger partial charge in [-0.05, 0) is 37.1 Å². The maximum Gasteiger partial charge on any atom is 0.132 e. The molecule has 0 unspecified atom stereocenters. The van der Waals surface area contributed by atoms with E-state index < -0.39 is 20.8 Å². The molecule has 0 spiro atoms. The molecule has 0 aromatic heterocycles. The Hall–Kier alpha value is -0.940. The summed E-state index contributed by atoms with van der Waals surface area (Å²) in [5.74, 6) is 0.540. The molecule has 3 nitrogen and oxygen atoms in total. The Morgan fingerprint density at radius 3 is 2.78 bits per heavy atom. The van der Waals surface area contributed by atoms with Gasteiger partial charge < -0.3 is 15.2 Å². The van der Waals surface area contributed by atoms with Crippen molar-refractivity contribution in [2.24, 2.45) is 5.73 Å². The first-order valence-corrected chi connectivity index (χ1v) is 6.48. The van der Waals surface area contributed by atoms with E-state index in [0.717, 1.165) is 0 Å². The zero-order valence-electron chi connectivity index (χ0n) is 15.9. The second kappa shape index (κ2) is 8.21. The van der Waals surface area contributed by atoms with Gasteiger partial charge in [0.25, 0.3) is 0 Å². The summed E-state index contributed by atoms with van der Waals surface area (Å²) in [6.07, 6.45) is 0.566. The van der Waals surface area contributed by atoms with Crippen LogP contribution in [0.1, 0.15) is 20.2 Å². The molecule has 0 amide bonds. The lowest BCUT2D eigenvalue weighted by atomic mass is 10.1. The van der Waals surface area contributed by atoms with Crippen LogP contribution >= 0.6 is 11.8 Å². The van der Waals surface area contributed by atoms with Crippen LogP contribution in [0.3, 0.4) is 0 Å². The van der Waals surface area contributed by atoms with Crippen molar-refractivity contribution in [3.05, 3.63) is 17.7 Å². The summed E-state index contributed by atoms with van der Waals surface area (Å²) < 4.78 is 65.7. The Morgan fingerprint density at radius 1 is 1.33 bits per heavy atom. The number of alkyl halides is 1. The molecule has 18 heavy (non-hydrogen) atoms. The first-order valence-electron chi connectivity index (χ1n) is 8.49. The van der Waals surface area contributed by atoms with Crippen molar-refractivity contribution < 1.29 is 22.1 Å². The number of thioether (sulfide) groups is 1. The highest BCUT2D eigenvalue weighted by molar-refractivity contribution is 7.99. The van der Waals surface area contributed by atoms with Gasteiger partial charge in [0.05, 0.1) is 33.9 Å². The summed E-state index contributed by atoms with van der Waals surface area (Å²) in [6.45, 7) is -0.286. The number of halogens is 1. The largest absolute Gasteiger partial charge is 0.496 e. The zero-order valence-corrected chi connectivity index (χ0v) is 10.7. The second-order valence-electron chi connectivity index (χ2n) is 3.54. The van der Waals surface area contributed by atoms with Crippen LogP contribution in [0.4, 0.5) is 4.39 Å². The predicted octanol–water partition coefficient (Wildman–Crippen LogP) is 2.66. The number of nitrogens with two attached hydrogens (primary N) is 1. The Bertz CT molecular complexity index is 538. The Morgan fingerprint density at radius 2 is 2.11 bits per heavy atom. The molecule has 0 radical (unpaired) electrons. The summed E-state index contributed by atoms with van der Waals surface area (Å²) in [6, 6.07) is 2.82. The SMILES string of the molecule is [2H]C([2H])([2H])Oc1cc(SCCCF)c(OC([2H])([2H])[2H])cc1CCN. The van der Waals surface area contributed by atoms with E-state index >= 15 is 0 Å². The maximum absolute atomic E-state index is 12.3. The topological polar surface area (TPSA) is 44.5 Å². The molecule has 0 atom stereocenters. The van der Waals surface area contributed by atoms with Crippen LogP contribution < -0.4 is 15.2 Å². The molecule has 102 valence electrons. The minimum Gasteiger partial charge on any atom is -0.496 e. The molecule has 0 saturated carbocycles. The minimum atomic E-state index is -2.66. The number of hydrogen-bond donors (Lipinski definition) is 1. The molecule has 0 fully saturated rings. The van der Waals surface area contributed by atoms with E-state index in [1.807, 2.05) is 0 Å². The van der Waals surface area contributed by atoms with E-state index in [9.17, 15) is 4.39 Å². The van der Waals surface area contributed by atoms with Crippen molar-refractivity contribution in [3.63, 3.8) is 0 Å². The molecule has 5 heteroatoms. The molecule has 0 aliphatic heterocycles. The molecule has 1 aromatic rings. The fourth-order valence-corrected chi connectivity index (χ4v) is 2.37. The number of ether oxygens (including phenoxy) is 2. The van der Waals surface area contributed by atoms with Crippen molar-refractivity contribution in [1.29, 1.82) is 0 Å². The second-order valence-corrected chi connectivity index (χ2v) is 4.68. The lowest BCUT2D eigenvalue weighted by molar-refractivity contribution is 0.390. The minimum absolute atomic E-state index is 0.0696. The third-order valence-corrected chi connectivity index (χ3v) is 3.42. The molecule has 1 rings (SSSR count). The molecule has 1 aromatic carbocycles. The van der Waals surface area contributed by atoms with E-state index in [4.69, 9.17) is 23.4 Å². The first kappa shape index (κ1) is 8.27. The van der Waals surface area contributed by atoms with Crippen molar-refractivity contribution in [3.8, 4) is 11.5 Å². The summed E-state index contributed by atoms with van der Waals surface area (Å²) in [5.41, 5.74) is 5.94. The van der Waals surface area contributed by atoms with Gasteiger partial charge in [-0.15, -0.1) is 11.8 Å². The average molecular weight is 279 g/mol. The predicted molar refractivity (Wildman–Crippen MR) is 73.6 cm³/mol. The molecule has 2 N–H and O–H groups in total. The summed E-state index contributed by atoms with van der Waals surface area (Å²) >= 11 is 1.17. The maximum atomic E-state index is 12.3. The van der Waals surface area contributed by atoms with E-state index in [1.54, 1.807) is 0 Å². The van der Waals surface area contributed by atoms with Crippen LogP contribution in [0.15, 0.2) is 17.0 Å². The van der Waals surface area contributed by atoms with Gasteiger partial charge in [0, 0.05) is 5.75 Å². The average Bonchev–Trinajstić information content (AvgIpc) is 2.40. The Balaban J connectivity index is 3.25. The molecule has 0 saturated heterocycles. The molecule has 0 bridgehead atoms. The van der Waals surface area contributed by atoms with Gasteiger partial charge >= 0.3 is 0 Å². The normalized spacial score (nSPS) is 16.8. The Kier molecular flexibility index (Phi) is 3.78. The molecule has 0 aliphatic rings. The number of benzene rings is 1. The first-order chi connectivity index (χ1) is 11.1. The van der Waals surface area contributed by atoms with E-state index in [2.05, 4.69) is 0 Å². The third-order valence-electron chi connectivity index (χ3n) is 2.30. The van der Waals surface area contributed by atoms with Crippen LogP contribution in [0, 0.1) is 0 Å². The fourth-order valence-electron chi connectivity index (χ4n) is 1.46. The van der Waals surface area contributed by atoms with Gasteiger partial charge in [-0.1, -0.05) is 0 Å². The van der Waals surface area contributed by atoms with Crippen molar-refractivity contribution in [1.82, 2.24) is 0 Å². The van der Waals surface area contributed by atoms with Gasteiger partial charge in [-0.3, -0.25) is 4.39 Å². The van der Waals surface area contributed by atoms with E-state index in [-0.39, 0.29) is 30.9 Å². The smallest absolute Gasteiger partial charge is 0.132 e. The van der Waals surface area contributed by atoms with Crippen molar-refractivity contribution in [2.45, 2.75) is 17.7 Å². The van der Waals surface area contributed by atoms with Crippen LogP contribution in [0.25, 0.3) is 0 Å². The van der Waals surface area contributed by atoms with Crippen molar-refractivity contribution in [2.75, 3.05) is 33.0 Å². The lowest BCUT2D eigenvalue weighted by Crippen LogP contribution is -2.05. The van der Waals surface area contributed by atoms with Crippen molar-refractivity contribution >= 4 is 11.8 Å². The fraction of sp³-hybridized carbons (Fsp3) is 0.538. The summed E-state index contributed by atoms with van der Waals surface area (Å²) in [5, 5.41) is 0. The molecular weight excluding hydrogens is 253 g/mol. The molecule has 0 aliphatic carbocycles. The van der Waals surface area contributed by atoms with Crippen LogP contribution in [-0.4, -0.2) is 33.0 Å². The highest BCUT2D eigenvalue weighted by Crippen LogP contribution is 2.36. The van der Waals surface area contributed by atoms with Gasteiger partial charge in [0.15, 0.2) is 0 Å². The molecule has 0 heterocycles. The quantitative estimate of drug-likeness (QED) is 0.587. The van der Waals surface area contributed by atoms with Gasteiger partial charge in [-0.25, -0.2) is 0 Å². The van der Waals surface area contributed by atoms with Crippen LogP contribution in [0.5, 0.6) is 11.5 Å². The van der Waals surface area contributed by atoms with E-state index in [0.29, 0.717) is 16.2 Å². The number of methoxy groups -OCH3 is 2. The summed E-state index contributed by atoms with van der Waals surface area (Å²) in [7, 11) is -5.32. The lowest BCUT2D eigenvalue weighted by Gasteiger charge is -2.14. The third kappa shape index (κ3) is 4.07. The molecular formula is C13H20FNO2S. The van der Waals surface area contributed by atoms with Gasteiger partial charge in [-0.2, -0.15) is 0 Å². The van der Waals surface area contributed by atoms with Gasteiger partial charge in [0.1, 0.15) is 11.5 Å². The Labute approximate surface area is 120 Å². The van der Waals surface area contributed by atoms with Crippen LogP contribution in [-0.2, 0) is 6.42 Å². The standard InChI is InChI=1S/C13H20FNO2S/c1-16-11-9-13(18-7-3-5-14)12(17-2)8-10(11)4-6-15/h8-9H,3-7,15H2,1-2H3/i1D3,2D3. The highest BCUT2D eigenvalue weighted by Gasteiger charge is 2.11. The number of hydrogen-bond acceptors (Lipinski definition) is 4. The zero-order chi connectivity index (χ0) is 18.4. The van der Waals surface area contributed by atoms with E-state index in [1.165, 1.54) is 23.9 Å². The number of rotatable bonds is 8. The van der Waals surface area contributed by atoms with Crippen LogP contribution in [0.2, 0.25) is 0 Å².